The van der Waals surface area contributed by atoms with E-state index in [9.17, 15) is 9.59 Å². The number of ketones is 1. The Morgan fingerprint density at radius 2 is 1.76 bits per heavy atom. The van der Waals surface area contributed by atoms with Crippen LogP contribution in [0.25, 0.3) is 0 Å². The van der Waals surface area contributed by atoms with E-state index in [2.05, 4.69) is 10.1 Å². The van der Waals surface area contributed by atoms with Gasteiger partial charge in [0.25, 0.3) is 0 Å². The van der Waals surface area contributed by atoms with E-state index in [1.54, 1.807) is 13.8 Å². The number of methoxy groups -OCH3 is 1. The lowest BCUT2D eigenvalue weighted by Crippen LogP contribution is -2.47. The summed E-state index contributed by atoms with van der Waals surface area (Å²) in [4.78, 5) is 23.0. The van der Waals surface area contributed by atoms with E-state index < -0.39 is 12.1 Å². The molecule has 100 valence electrons. The Bertz CT molecular complexity index is 268. The van der Waals surface area contributed by atoms with Crippen molar-refractivity contribution >= 4 is 11.9 Å². The number of alkyl carbamates (subject to hydrolysis) is 1. The molecule has 0 fully saturated rings. The molecule has 17 heavy (non-hydrogen) atoms. The van der Waals surface area contributed by atoms with Gasteiger partial charge >= 0.3 is 6.09 Å². The first-order valence-electron chi connectivity index (χ1n) is 5.69. The minimum absolute atomic E-state index is 0.0698. The molecule has 0 aromatic carbocycles. The molecule has 0 aromatic rings. The van der Waals surface area contributed by atoms with Crippen LogP contribution in [0.1, 0.15) is 34.6 Å². The van der Waals surface area contributed by atoms with Crippen molar-refractivity contribution in [2.45, 2.75) is 46.3 Å². The predicted octanol–water partition coefficient (Wildman–Crippen LogP) is 1.75. The maximum atomic E-state index is 11.9. The van der Waals surface area contributed by atoms with Gasteiger partial charge in [-0.2, -0.15) is 0 Å². The third-order valence-electron chi connectivity index (χ3n) is 2.07. The smallest absolute Gasteiger partial charge is 0.407 e. The summed E-state index contributed by atoms with van der Waals surface area (Å²) < 4.78 is 10.0. The van der Waals surface area contributed by atoms with Gasteiger partial charge in [-0.05, 0) is 20.8 Å². The van der Waals surface area contributed by atoms with Crippen LogP contribution in [0.5, 0.6) is 0 Å². The molecule has 1 unspecified atom stereocenters. The molecule has 0 saturated carbocycles. The molecule has 0 spiro atoms. The van der Waals surface area contributed by atoms with Crippen LogP contribution in [0.3, 0.4) is 0 Å². The van der Waals surface area contributed by atoms with E-state index in [4.69, 9.17) is 4.74 Å². The fourth-order valence-corrected chi connectivity index (χ4v) is 1.13. The first-order chi connectivity index (χ1) is 7.67. The average Bonchev–Trinajstić information content (AvgIpc) is 2.21. The van der Waals surface area contributed by atoms with Gasteiger partial charge in [-0.25, -0.2) is 4.79 Å². The van der Waals surface area contributed by atoms with E-state index in [1.165, 1.54) is 7.11 Å². The second-order valence-electron chi connectivity index (χ2n) is 5.17. The molecule has 0 saturated heterocycles. The van der Waals surface area contributed by atoms with E-state index in [0.717, 1.165) is 0 Å². The van der Waals surface area contributed by atoms with Gasteiger partial charge < -0.3 is 14.8 Å². The second kappa shape index (κ2) is 6.59. The molecule has 1 amide bonds. The minimum atomic E-state index is -0.665. The summed E-state index contributed by atoms with van der Waals surface area (Å²) in [6.45, 7) is 9.39. The lowest BCUT2D eigenvalue weighted by Gasteiger charge is -2.25. The van der Waals surface area contributed by atoms with Crippen molar-refractivity contribution in [2.24, 2.45) is 5.92 Å². The first-order valence-corrected chi connectivity index (χ1v) is 5.69. The fourth-order valence-electron chi connectivity index (χ4n) is 1.13. The Balaban J connectivity index is 4.51. The van der Waals surface area contributed by atoms with E-state index in [1.807, 2.05) is 20.8 Å². The summed E-state index contributed by atoms with van der Waals surface area (Å²) >= 11 is 0. The summed E-state index contributed by atoms with van der Waals surface area (Å²) in [5.74, 6) is -0.236. The van der Waals surface area contributed by atoms with E-state index in [-0.39, 0.29) is 23.9 Å². The Hall–Kier alpha value is -1.10. The van der Waals surface area contributed by atoms with Crippen molar-refractivity contribution in [3.8, 4) is 0 Å². The molecule has 0 aliphatic rings. The Kier molecular flexibility index (Phi) is 6.16. The second-order valence-corrected chi connectivity index (χ2v) is 5.17. The highest BCUT2D eigenvalue weighted by Gasteiger charge is 2.25. The third kappa shape index (κ3) is 6.94. The molecule has 5 heteroatoms. The molecule has 0 aromatic heterocycles. The van der Waals surface area contributed by atoms with Crippen molar-refractivity contribution < 1.29 is 19.1 Å². The SMILES string of the molecule is COC(=O)NC(COC(C)(C)C)C(=O)C(C)C. The summed E-state index contributed by atoms with van der Waals surface area (Å²) in [5, 5.41) is 2.48. The average molecular weight is 245 g/mol. The quantitative estimate of drug-likeness (QED) is 0.801. The van der Waals surface area contributed by atoms with Gasteiger partial charge in [-0.15, -0.1) is 0 Å². The molecule has 5 nitrogen and oxygen atoms in total. The molecule has 0 radical (unpaired) electrons. The first kappa shape index (κ1) is 15.9. The van der Waals surface area contributed by atoms with Crippen LogP contribution in [0.2, 0.25) is 0 Å². The molecule has 1 atom stereocenters. The van der Waals surface area contributed by atoms with Gasteiger partial charge in [0.1, 0.15) is 6.04 Å². The van der Waals surface area contributed by atoms with Crippen LogP contribution in [-0.2, 0) is 14.3 Å². The molecule has 0 aliphatic heterocycles. The highest BCUT2D eigenvalue weighted by Crippen LogP contribution is 2.09. The third-order valence-corrected chi connectivity index (χ3v) is 2.07. The molecular formula is C12H23NO4. The number of hydrogen-bond acceptors (Lipinski definition) is 4. The topological polar surface area (TPSA) is 64.6 Å². The van der Waals surface area contributed by atoms with E-state index >= 15 is 0 Å². The largest absolute Gasteiger partial charge is 0.453 e. The highest BCUT2D eigenvalue weighted by atomic mass is 16.5. The number of carbonyl (C=O) groups excluding carboxylic acids is 2. The normalized spacial score (nSPS) is 13.4. The highest BCUT2D eigenvalue weighted by molar-refractivity contribution is 5.88. The standard InChI is InChI=1S/C12H23NO4/c1-8(2)10(14)9(13-11(15)16-6)7-17-12(3,4)5/h8-9H,7H2,1-6H3,(H,13,15). The van der Waals surface area contributed by atoms with Gasteiger partial charge in [0, 0.05) is 5.92 Å². The van der Waals surface area contributed by atoms with Crippen molar-refractivity contribution in [1.29, 1.82) is 0 Å². The van der Waals surface area contributed by atoms with Crippen molar-refractivity contribution in [3.05, 3.63) is 0 Å². The van der Waals surface area contributed by atoms with Crippen LogP contribution in [-0.4, -0.2) is 37.2 Å². The number of nitrogens with one attached hydrogen (secondary N) is 1. The van der Waals surface area contributed by atoms with Gasteiger partial charge in [-0.3, -0.25) is 4.79 Å². The molecule has 0 aliphatic carbocycles. The van der Waals surface area contributed by atoms with Crippen LogP contribution in [0, 0.1) is 5.92 Å². The number of ether oxygens (including phenoxy) is 2. The number of carbonyl (C=O) groups is 2. The Morgan fingerprint density at radius 1 is 1.24 bits per heavy atom. The van der Waals surface area contributed by atoms with Crippen molar-refractivity contribution in [2.75, 3.05) is 13.7 Å². The monoisotopic (exact) mass is 245 g/mol. The maximum Gasteiger partial charge on any atom is 0.407 e. The summed E-state index contributed by atoms with van der Waals surface area (Å²) in [6, 6.07) is -0.665. The molecular weight excluding hydrogens is 222 g/mol. The molecule has 0 bridgehead atoms. The molecule has 0 rings (SSSR count). The van der Waals surface area contributed by atoms with Crippen molar-refractivity contribution in [1.82, 2.24) is 5.32 Å². The van der Waals surface area contributed by atoms with Gasteiger partial charge in [0.05, 0.1) is 19.3 Å². The van der Waals surface area contributed by atoms with Gasteiger partial charge in [-0.1, -0.05) is 13.8 Å². The summed E-state index contributed by atoms with van der Waals surface area (Å²) in [6.07, 6.45) is -0.624. The lowest BCUT2D eigenvalue weighted by molar-refractivity contribution is -0.127. The zero-order valence-corrected chi connectivity index (χ0v) is 11.5. The Morgan fingerprint density at radius 3 is 2.12 bits per heavy atom. The summed E-state index contributed by atoms with van der Waals surface area (Å²) in [7, 11) is 1.26. The van der Waals surface area contributed by atoms with Crippen LogP contribution >= 0.6 is 0 Å². The lowest BCUT2D eigenvalue weighted by atomic mass is 10.0. The van der Waals surface area contributed by atoms with Gasteiger partial charge in [0.15, 0.2) is 5.78 Å². The van der Waals surface area contributed by atoms with Crippen LogP contribution in [0.4, 0.5) is 4.79 Å². The van der Waals surface area contributed by atoms with Gasteiger partial charge in [0.2, 0.25) is 0 Å². The van der Waals surface area contributed by atoms with Crippen LogP contribution in [0.15, 0.2) is 0 Å². The molecule has 1 N–H and O–H groups in total. The number of amides is 1. The van der Waals surface area contributed by atoms with E-state index in [0.29, 0.717) is 0 Å². The predicted molar refractivity (Wildman–Crippen MR) is 64.9 cm³/mol. The number of Topliss-reactive ketones (excluding diaryl/α,β-unsaturated/α-hetero) is 1. The fraction of sp³-hybridized carbons (Fsp3) is 0.833. The number of hydrogen-bond donors (Lipinski definition) is 1. The summed E-state index contributed by atoms with van der Waals surface area (Å²) in [5.41, 5.74) is -0.354. The molecule has 0 heterocycles. The zero-order chi connectivity index (χ0) is 13.6. The zero-order valence-electron chi connectivity index (χ0n) is 11.5. The number of rotatable bonds is 5. The maximum absolute atomic E-state index is 11.9. The van der Waals surface area contributed by atoms with Crippen LogP contribution < -0.4 is 5.32 Å². The van der Waals surface area contributed by atoms with Crippen molar-refractivity contribution in [3.63, 3.8) is 0 Å². The minimum Gasteiger partial charge on any atom is -0.453 e. The Labute approximate surface area is 103 Å².